The highest BCUT2D eigenvalue weighted by atomic mass is 35.5. The van der Waals surface area contributed by atoms with Crippen molar-refractivity contribution in [3.8, 4) is 11.5 Å². The molecule has 0 spiro atoms. The average Bonchev–Trinajstić information content (AvgIpc) is 2.47. The molecule has 0 bridgehead atoms. The number of benzene rings is 2. The quantitative estimate of drug-likeness (QED) is 0.856. The summed E-state index contributed by atoms with van der Waals surface area (Å²) in [6.07, 6.45) is 0. The van der Waals surface area contributed by atoms with E-state index in [-0.39, 0.29) is 17.8 Å². The molecule has 4 heteroatoms. The molecule has 0 radical (unpaired) electrons. The highest BCUT2D eigenvalue weighted by molar-refractivity contribution is 6.30. The molecule has 112 valence electrons. The van der Waals surface area contributed by atoms with Gasteiger partial charge in [0, 0.05) is 17.1 Å². The van der Waals surface area contributed by atoms with Gasteiger partial charge in [0.05, 0.1) is 7.11 Å². The molecule has 0 aliphatic carbocycles. The van der Waals surface area contributed by atoms with Crippen LogP contribution in [0.5, 0.6) is 11.5 Å². The lowest BCUT2D eigenvalue weighted by atomic mass is 10.0. The molecule has 1 unspecified atom stereocenters. The zero-order chi connectivity index (χ0) is 15.4. The van der Waals surface area contributed by atoms with Gasteiger partial charge in [-0.15, -0.1) is 0 Å². The van der Waals surface area contributed by atoms with E-state index < -0.39 is 0 Å². The SMILES string of the molecule is COc1cc(C(C)N[C@@H](C)c2cccc(Cl)c2)ccc1O. The van der Waals surface area contributed by atoms with Crippen LogP contribution in [0, 0.1) is 0 Å². The maximum absolute atomic E-state index is 9.65. The van der Waals surface area contributed by atoms with Crippen LogP contribution < -0.4 is 10.1 Å². The van der Waals surface area contributed by atoms with Crippen LogP contribution in [0.3, 0.4) is 0 Å². The minimum absolute atomic E-state index is 0.119. The number of ether oxygens (including phenoxy) is 1. The summed E-state index contributed by atoms with van der Waals surface area (Å²) in [5.41, 5.74) is 2.19. The summed E-state index contributed by atoms with van der Waals surface area (Å²) >= 11 is 6.03. The van der Waals surface area contributed by atoms with Gasteiger partial charge in [-0.25, -0.2) is 0 Å². The lowest BCUT2D eigenvalue weighted by Crippen LogP contribution is -2.22. The minimum atomic E-state index is 0.119. The molecular formula is C17H20ClNO2. The lowest BCUT2D eigenvalue weighted by molar-refractivity contribution is 0.371. The fourth-order valence-electron chi connectivity index (χ4n) is 2.31. The molecule has 2 aromatic rings. The Labute approximate surface area is 130 Å². The largest absolute Gasteiger partial charge is 0.504 e. The number of aromatic hydroxyl groups is 1. The van der Waals surface area contributed by atoms with E-state index in [1.165, 1.54) is 0 Å². The van der Waals surface area contributed by atoms with Gasteiger partial charge >= 0.3 is 0 Å². The number of phenolic OH excluding ortho intramolecular Hbond substituents is 1. The average molecular weight is 306 g/mol. The van der Waals surface area contributed by atoms with E-state index in [1.807, 2.05) is 36.4 Å². The third-order valence-corrected chi connectivity index (χ3v) is 3.79. The molecule has 2 aromatic carbocycles. The van der Waals surface area contributed by atoms with E-state index in [4.69, 9.17) is 16.3 Å². The van der Waals surface area contributed by atoms with E-state index in [1.54, 1.807) is 13.2 Å². The molecule has 3 nitrogen and oxygen atoms in total. The lowest BCUT2D eigenvalue weighted by Gasteiger charge is -2.21. The second-order valence-electron chi connectivity index (χ2n) is 5.10. The van der Waals surface area contributed by atoms with Crippen LogP contribution >= 0.6 is 11.6 Å². The van der Waals surface area contributed by atoms with Crippen LogP contribution in [0.15, 0.2) is 42.5 Å². The predicted octanol–water partition coefficient (Wildman–Crippen LogP) is 4.47. The predicted molar refractivity (Wildman–Crippen MR) is 86.1 cm³/mol. The van der Waals surface area contributed by atoms with Crippen molar-refractivity contribution in [2.45, 2.75) is 25.9 Å². The molecule has 0 saturated heterocycles. The fourth-order valence-corrected chi connectivity index (χ4v) is 2.51. The Bertz CT molecular complexity index is 615. The van der Waals surface area contributed by atoms with Gasteiger partial charge in [0.25, 0.3) is 0 Å². The van der Waals surface area contributed by atoms with Gasteiger partial charge < -0.3 is 15.2 Å². The van der Waals surface area contributed by atoms with Gasteiger partial charge in [-0.3, -0.25) is 0 Å². The number of halogens is 1. The van der Waals surface area contributed by atoms with Crippen molar-refractivity contribution in [1.82, 2.24) is 5.32 Å². The van der Waals surface area contributed by atoms with Crippen molar-refractivity contribution in [3.63, 3.8) is 0 Å². The summed E-state index contributed by atoms with van der Waals surface area (Å²) < 4.78 is 5.15. The first kappa shape index (κ1) is 15.7. The van der Waals surface area contributed by atoms with Gasteiger partial charge in [0.2, 0.25) is 0 Å². The van der Waals surface area contributed by atoms with Crippen molar-refractivity contribution in [2.24, 2.45) is 0 Å². The van der Waals surface area contributed by atoms with Crippen molar-refractivity contribution in [1.29, 1.82) is 0 Å². The molecule has 0 amide bonds. The molecular weight excluding hydrogens is 286 g/mol. The van der Waals surface area contributed by atoms with E-state index in [0.29, 0.717) is 5.75 Å². The molecule has 0 aliphatic rings. The monoisotopic (exact) mass is 305 g/mol. The molecule has 0 aliphatic heterocycles. The van der Waals surface area contributed by atoms with Crippen molar-refractivity contribution in [2.75, 3.05) is 7.11 Å². The number of rotatable bonds is 5. The Kier molecular flexibility index (Phi) is 5.10. The number of phenols is 1. The number of hydrogen-bond acceptors (Lipinski definition) is 3. The van der Waals surface area contributed by atoms with E-state index in [2.05, 4.69) is 19.2 Å². The molecule has 2 N–H and O–H groups in total. The van der Waals surface area contributed by atoms with Crippen LogP contribution in [-0.4, -0.2) is 12.2 Å². The molecule has 21 heavy (non-hydrogen) atoms. The first-order chi connectivity index (χ1) is 10.0. The zero-order valence-electron chi connectivity index (χ0n) is 12.4. The fraction of sp³-hybridized carbons (Fsp3) is 0.294. The van der Waals surface area contributed by atoms with Gasteiger partial charge in [-0.05, 0) is 49.2 Å². The Balaban J connectivity index is 2.12. The van der Waals surface area contributed by atoms with Crippen LogP contribution in [0.2, 0.25) is 5.02 Å². The maximum Gasteiger partial charge on any atom is 0.160 e. The van der Waals surface area contributed by atoms with Gasteiger partial charge in [-0.1, -0.05) is 29.8 Å². The number of methoxy groups -OCH3 is 1. The molecule has 0 fully saturated rings. The Hall–Kier alpha value is -1.71. The van der Waals surface area contributed by atoms with Crippen LogP contribution in [0.25, 0.3) is 0 Å². The molecule has 0 saturated carbocycles. The zero-order valence-corrected chi connectivity index (χ0v) is 13.2. The summed E-state index contributed by atoms with van der Waals surface area (Å²) in [6.45, 7) is 4.17. The first-order valence-corrected chi connectivity index (χ1v) is 7.27. The molecule has 0 heterocycles. The summed E-state index contributed by atoms with van der Waals surface area (Å²) in [6, 6.07) is 13.5. The second kappa shape index (κ2) is 6.83. The summed E-state index contributed by atoms with van der Waals surface area (Å²) in [5.74, 6) is 0.632. The summed E-state index contributed by atoms with van der Waals surface area (Å²) in [7, 11) is 1.55. The van der Waals surface area contributed by atoms with Crippen molar-refractivity contribution < 1.29 is 9.84 Å². The maximum atomic E-state index is 9.65. The smallest absolute Gasteiger partial charge is 0.160 e. The van der Waals surface area contributed by atoms with Gasteiger partial charge in [-0.2, -0.15) is 0 Å². The Morgan fingerprint density at radius 3 is 2.33 bits per heavy atom. The molecule has 0 aromatic heterocycles. The second-order valence-corrected chi connectivity index (χ2v) is 5.53. The summed E-state index contributed by atoms with van der Waals surface area (Å²) in [5, 5.41) is 13.9. The van der Waals surface area contributed by atoms with E-state index >= 15 is 0 Å². The highest BCUT2D eigenvalue weighted by Crippen LogP contribution is 2.30. The number of hydrogen-bond donors (Lipinski definition) is 2. The van der Waals surface area contributed by atoms with E-state index in [0.717, 1.165) is 16.1 Å². The summed E-state index contributed by atoms with van der Waals surface area (Å²) in [4.78, 5) is 0. The van der Waals surface area contributed by atoms with E-state index in [9.17, 15) is 5.11 Å². The minimum Gasteiger partial charge on any atom is -0.504 e. The normalized spacial score (nSPS) is 13.7. The standard InChI is InChI=1S/C17H20ClNO2/c1-11(13-5-4-6-15(18)9-13)19-12(2)14-7-8-16(20)17(10-14)21-3/h4-12,19-20H,1-3H3/t11-,12?/m0/s1. The molecule has 2 rings (SSSR count). The van der Waals surface area contributed by atoms with Crippen molar-refractivity contribution in [3.05, 3.63) is 58.6 Å². The first-order valence-electron chi connectivity index (χ1n) is 6.89. The van der Waals surface area contributed by atoms with Crippen LogP contribution in [0.1, 0.15) is 37.1 Å². The highest BCUT2D eigenvalue weighted by Gasteiger charge is 2.13. The Morgan fingerprint density at radius 1 is 1.05 bits per heavy atom. The third-order valence-electron chi connectivity index (χ3n) is 3.55. The van der Waals surface area contributed by atoms with Gasteiger partial charge in [0.1, 0.15) is 0 Å². The number of nitrogens with one attached hydrogen (secondary N) is 1. The van der Waals surface area contributed by atoms with Gasteiger partial charge in [0.15, 0.2) is 11.5 Å². The topological polar surface area (TPSA) is 41.5 Å². The Morgan fingerprint density at radius 2 is 1.71 bits per heavy atom. The van der Waals surface area contributed by atoms with Crippen LogP contribution in [-0.2, 0) is 0 Å². The van der Waals surface area contributed by atoms with Crippen molar-refractivity contribution >= 4 is 11.6 Å². The third kappa shape index (κ3) is 3.90. The molecule has 2 atom stereocenters. The van der Waals surface area contributed by atoms with Crippen LogP contribution in [0.4, 0.5) is 0 Å².